The fourth-order valence-electron chi connectivity index (χ4n) is 3.26. The first kappa shape index (κ1) is 19.7. The molecule has 2 aromatic carbocycles. The molecule has 0 fully saturated rings. The summed E-state index contributed by atoms with van der Waals surface area (Å²) in [5.74, 6) is 0.700. The number of halogens is 1. The maximum absolute atomic E-state index is 12.4. The van der Waals surface area contributed by atoms with Crippen LogP contribution in [0.1, 0.15) is 11.3 Å². The molecule has 0 bridgehead atoms. The van der Waals surface area contributed by atoms with Crippen LogP contribution in [-0.4, -0.2) is 17.4 Å². The Morgan fingerprint density at radius 1 is 1.17 bits per heavy atom. The van der Waals surface area contributed by atoms with E-state index in [1.807, 2.05) is 66.9 Å². The van der Waals surface area contributed by atoms with Gasteiger partial charge in [-0.3, -0.25) is 4.79 Å². The Labute approximate surface area is 182 Å². The quantitative estimate of drug-likeness (QED) is 0.296. The molecular weight excluding hydrogens is 442 g/mol. The van der Waals surface area contributed by atoms with Gasteiger partial charge < -0.3 is 14.7 Å². The fraction of sp³-hybridized carbons (Fsp3) is 0.0833. The third-order valence-corrected chi connectivity index (χ3v) is 5.24. The van der Waals surface area contributed by atoms with Crippen LogP contribution < -0.4 is 5.32 Å². The van der Waals surface area contributed by atoms with E-state index in [1.165, 1.54) is 6.08 Å². The number of fused-ring (bicyclic) bond motifs is 1. The van der Waals surface area contributed by atoms with Crippen LogP contribution in [0.15, 0.2) is 81.3 Å². The number of nitrogens with zero attached hydrogens (tertiary/aromatic N) is 1. The first-order chi connectivity index (χ1) is 14.6. The second-order valence-electron chi connectivity index (χ2n) is 6.75. The minimum atomic E-state index is -0.419. The molecular formula is C24H18BrN3O2. The van der Waals surface area contributed by atoms with Crippen molar-refractivity contribution >= 4 is 38.8 Å². The van der Waals surface area contributed by atoms with Gasteiger partial charge in [-0.1, -0.05) is 46.3 Å². The van der Waals surface area contributed by atoms with Crippen LogP contribution in [0.25, 0.3) is 28.3 Å². The average molecular weight is 460 g/mol. The van der Waals surface area contributed by atoms with Crippen LogP contribution in [0, 0.1) is 11.3 Å². The van der Waals surface area contributed by atoms with E-state index < -0.39 is 5.91 Å². The van der Waals surface area contributed by atoms with E-state index >= 15 is 0 Å². The van der Waals surface area contributed by atoms with Crippen molar-refractivity contribution in [1.82, 2.24) is 10.3 Å². The molecule has 0 aliphatic rings. The number of hydrogen-bond acceptors (Lipinski definition) is 3. The minimum absolute atomic E-state index is 0.00377. The molecule has 0 aliphatic heterocycles. The van der Waals surface area contributed by atoms with Gasteiger partial charge in [0.1, 0.15) is 23.2 Å². The summed E-state index contributed by atoms with van der Waals surface area (Å²) in [5, 5.41) is 13.4. The fourth-order valence-corrected chi connectivity index (χ4v) is 3.66. The lowest BCUT2D eigenvalue weighted by Gasteiger charge is -2.03. The molecule has 4 aromatic rings. The van der Waals surface area contributed by atoms with Crippen molar-refractivity contribution in [2.45, 2.75) is 6.42 Å². The maximum atomic E-state index is 12.4. The smallest absolute Gasteiger partial charge is 0.262 e. The number of furan rings is 1. The third-order valence-electron chi connectivity index (χ3n) is 4.74. The SMILES string of the molecule is N#CC(=Cc1ccc(-c2cccc(Br)c2)o1)C(=O)NCCc1c[nH]c2ccccc12. The Kier molecular flexibility index (Phi) is 5.82. The molecule has 1 amide bonds. The predicted octanol–water partition coefficient (Wildman–Crippen LogP) is 5.46. The molecule has 30 heavy (non-hydrogen) atoms. The Morgan fingerprint density at radius 3 is 2.87 bits per heavy atom. The van der Waals surface area contributed by atoms with E-state index in [0.717, 1.165) is 26.5 Å². The molecule has 5 nitrogen and oxygen atoms in total. The first-order valence-corrected chi connectivity index (χ1v) is 10.2. The molecule has 4 rings (SSSR count). The number of carbonyl (C=O) groups excluding carboxylic acids is 1. The van der Waals surface area contributed by atoms with Gasteiger partial charge in [-0.25, -0.2) is 0 Å². The van der Waals surface area contributed by atoms with Gasteiger partial charge in [0.25, 0.3) is 5.91 Å². The highest BCUT2D eigenvalue weighted by molar-refractivity contribution is 9.10. The van der Waals surface area contributed by atoms with Crippen molar-refractivity contribution in [3.8, 4) is 17.4 Å². The summed E-state index contributed by atoms with van der Waals surface area (Å²) in [5.41, 5.74) is 3.10. The summed E-state index contributed by atoms with van der Waals surface area (Å²) in [6, 6.07) is 21.3. The van der Waals surface area contributed by atoms with Gasteiger partial charge in [-0.05, 0) is 42.3 Å². The predicted molar refractivity (Wildman–Crippen MR) is 120 cm³/mol. The Balaban J connectivity index is 1.41. The number of benzene rings is 2. The lowest BCUT2D eigenvalue weighted by Crippen LogP contribution is -2.26. The molecule has 6 heteroatoms. The van der Waals surface area contributed by atoms with Crippen LogP contribution in [0.4, 0.5) is 0 Å². The van der Waals surface area contributed by atoms with Crippen LogP contribution in [0.5, 0.6) is 0 Å². The van der Waals surface area contributed by atoms with E-state index in [-0.39, 0.29) is 5.57 Å². The highest BCUT2D eigenvalue weighted by atomic mass is 79.9. The Morgan fingerprint density at radius 2 is 2.03 bits per heavy atom. The van der Waals surface area contributed by atoms with Crippen molar-refractivity contribution in [3.63, 3.8) is 0 Å². The molecule has 0 radical (unpaired) electrons. The van der Waals surface area contributed by atoms with Gasteiger partial charge >= 0.3 is 0 Å². The zero-order valence-electron chi connectivity index (χ0n) is 16.0. The van der Waals surface area contributed by atoms with Gasteiger partial charge in [0.2, 0.25) is 0 Å². The standard InChI is InChI=1S/C24H18BrN3O2/c25-19-5-3-4-16(12-19)23-9-8-20(30-23)13-18(14-26)24(29)27-11-10-17-15-28-22-7-2-1-6-21(17)22/h1-9,12-13,15,28H,10-11H2,(H,27,29). The zero-order valence-corrected chi connectivity index (χ0v) is 17.6. The van der Waals surface area contributed by atoms with Crippen LogP contribution in [-0.2, 0) is 11.2 Å². The Bertz CT molecular complexity index is 1280. The number of H-pyrrole nitrogens is 1. The molecule has 0 saturated carbocycles. The van der Waals surface area contributed by atoms with Crippen molar-refractivity contribution in [2.24, 2.45) is 0 Å². The summed E-state index contributed by atoms with van der Waals surface area (Å²) in [4.78, 5) is 15.7. The minimum Gasteiger partial charge on any atom is -0.457 e. The molecule has 0 spiro atoms. The van der Waals surface area contributed by atoms with E-state index in [1.54, 1.807) is 6.07 Å². The lowest BCUT2D eigenvalue weighted by atomic mass is 10.1. The summed E-state index contributed by atoms with van der Waals surface area (Å²) >= 11 is 3.44. The normalized spacial score (nSPS) is 11.4. The number of aromatic nitrogens is 1. The lowest BCUT2D eigenvalue weighted by molar-refractivity contribution is -0.117. The molecule has 2 heterocycles. The van der Waals surface area contributed by atoms with Crippen molar-refractivity contribution in [1.29, 1.82) is 5.26 Å². The number of carbonyl (C=O) groups is 1. The van der Waals surface area contributed by atoms with E-state index in [0.29, 0.717) is 24.5 Å². The number of nitriles is 1. The number of amides is 1. The summed E-state index contributed by atoms with van der Waals surface area (Å²) in [6.45, 7) is 0.432. The molecule has 0 unspecified atom stereocenters. The second kappa shape index (κ2) is 8.85. The summed E-state index contributed by atoms with van der Waals surface area (Å²) in [6.07, 6.45) is 4.08. The van der Waals surface area contributed by atoms with Gasteiger partial charge in [-0.15, -0.1) is 0 Å². The molecule has 2 aromatic heterocycles. The third kappa shape index (κ3) is 4.37. The number of para-hydroxylation sites is 1. The van der Waals surface area contributed by atoms with Crippen LogP contribution in [0.3, 0.4) is 0 Å². The second-order valence-corrected chi connectivity index (χ2v) is 7.66. The molecule has 0 aliphatic carbocycles. The van der Waals surface area contributed by atoms with Gasteiger partial charge in [-0.2, -0.15) is 5.26 Å². The highest BCUT2D eigenvalue weighted by Crippen LogP contribution is 2.26. The van der Waals surface area contributed by atoms with E-state index in [2.05, 4.69) is 26.2 Å². The average Bonchev–Trinajstić information content (AvgIpc) is 3.39. The molecule has 2 N–H and O–H groups in total. The van der Waals surface area contributed by atoms with Crippen LogP contribution in [0.2, 0.25) is 0 Å². The highest BCUT2D eigenvalue weighted by Gasteiger charge is 2.11. The van der Waals surface area contributed by atoms with Crippen molar-refractivity contribution in [2.75, 3.05) is 6.54 Å². The van der Waals surface area contributed by atoms with Crippen molar-refractivity contribution < 1.29 is 9.21 Å². The summed E-state index contributed by atoms with van der Waals surface area (Å²) in [7, 11) is 0. The number of rotatable bonds is 6. The Hall–Kier alpha value is -3.56. The first-order valence-electron chi connectivity index (χ1n) is 9.45. The van der Waals surface area contributed by atoms with Crippen molar-refractivity contribution in [3.05, 3.63) is 88.2 Å². The van der Waals surface area contributed by atoms with E-state index in [4.69, 9.17) is 4.42 Å². The summed E-state index contributed by atoms with van der Waals surface area (Å²) < 4.78 is 6.73. The molecule has 148 valence electrons. The van der Waals surface area contributed by atoms with Gasteiger partial charge in [0, 0.05) is 39.8 Å². The van der Waals surface area contributed by atoms with Gasteiger partial charge in [0.15, 0.2) is 0 Å². The topological polar surface area (TPSA) is 81.8 Å². The molecule has 0 atom stereocenters. The number of nitrogens with one attached hydrogen (secondary N) is 2. The maximum Gasteiger partial charge on any atom is 0.262 e. The van der Waals surface area contributed by atoms with Crippen LogP contribution >= 0.6 is 15.9 Å². The monoisotopic (exact) mass is 459 g/mol. The van der Waals surface area contributed by atoms with E-state index in [9.17, 15) is 10.1 Å². The number of aromatic amines is 1. The van der Waals surface area contributed by atoms with Gasteiger partial charge in [0.05, 0.1) is 0 Å². The zero-order chi connectivity index (χ0) is 20.9. The number of hydrogen-bond donors (Lipinski definition) is 2. The largest absolute Gasteiger partial charge is 0.457 e. The molecule has 0 saturated heterocycles.